The molecule has 0 atom stereocenters. The largest absolute Gasteiger partial charge is 0.478 e. The van der Waals surface area contributed by atoms with E-state index in [0.29, 0.717) is 26.1 Å². The van der Waals surface area contributed by atoms with Gasteiger partial charge < -0.3 is 9.84 Å². The molecule has 1 aromatic carbocycles. The van der Waals surface area contributed by atoms with Crippen molar-refractivity contribution in [2.45, 2.75) is 23.8 Å². The fourth-order valence-corrected chi connectivity index (χ4v) is 3.35. The third-order valence-electron chi connectivity index (χ3n) is 3.01. The zero-order valence-electron chi connectivity index (χ0n) is 10.5. The molecular weight excluding hydrogens is 289 g/mol. The first kappa shape index (κ1) is 14.9. The number of carboxylic acid groups (broad SMARTS) is 1. The maximum absolute atomic E-state index is 13.6. The minimum Gasteiger partial charge on any atom is -0.478 e. The third kappa shape index (κ3) is 3.33. The molecule has 1 aliphatic heterocycles. The van der Waals surface area contributed by atoms with Gasteiger partial charge in [0.15, 0.2) is 0 Å². The highest BCUT2D eigenvalue weighted by molar-refractivity contribution is 7.89. The van der Waals surface area contributed by atoms with Crippen LogP contribution in [0.15, 0.2) is 23.1 Å². The number of halogens is 1. The number of carbonyl (C=O) groups is 1. The van der Waals surface area contributed by atoms with Crippen molar-refractivity contribution in [1.82, 2.24) is 4.72 Å². The molecule has 0 bridgehead atoms. The van der Waals surface area contributed by atoms with E-state index in [1.807, 2.05) is 0 Å². The van der Waals surface area contributed by atoms with Crippen molar-refractivity contribution in [1.29, 1.82) is 0 Å². The molecule has 0 aliphatic carbocycles. The molecule has 20 heavy (non-hydrogen) atoms. The van der Waals surface area contributed by atoms with Crippen LogP contribution < -0.4 is 4.72 Å². The average molecular weight is 303 g/mol. The van der Waals surface area contributed by atoms with E-state index in [1.165, 1.54) is 0 Å². The summed E-state index contributed by atoms with van der Waals surface area (Å²) in [5.41, 5.74) is -0.279. The lowest BCUT2D eigenvalue weighted by Gasteiger charge is -2.23. The molecule has 0 aromatic heterocycles. The van der Waals surface area contributed by atoms with Gasteiger partial charge in [0.05, 0.1) is 5.56 Å². The average Bonchev–Trinajstić information content (AvgIpc) is 2.39. The monoisotopic (exact) mass is 303 g/mol. The quantitative estimate of drug-likeness (QED) is 0.865. The van der Waals surface area contributed by atoms with Gasteiger partial charge in [0, 0.05) is 19.3 Å². The highest BCUT2D eigenvalue weighted by atomic mass is 32.2. The summed E-state index contributed by atoms with van der Waals surface area (Å²) in [6.45, 7) is 0.871. The molecular formula is C12H14FNO5S. The molecule has 6 nitrogen and oxygen atoms in total. The van der Waals surface area contributed by atoms with E-state index in [4.69, 9.17) is 9.84 Å². The zero-order chi connectivity index (χ0) is 14.8. The number of sulfonamides is 1. The summed E-state index contributed by atoms with van der Waals surface area (Å²) >= 11 is 0. The van der Waals surface area contributed by atoms with Crippen LogP contribution in [0.1, 0.15) is 23.2 Å². The molecule has 1 saturated heterocycles. The van der Waals surface area contributed by atoms with Gasteiger partial charge in [-0.3, -0.25) is 0 Å². The highest BCUT2D eigenvalue weighted by Gasteiger charge is 2.25. The number of aromatic carboxylic acids is 1. The molecule has 8 heteroatoms. The van der Waals surface area contributed by atoms with Crippen molar-refractivity contribution < 1.29 is 27.4 Å². The fraction of sp³-hybridized carbons (Fsp3) is 0.417. The van der Waals surface area contributed by atoms with Gasteiger partial charge in [0.25, 0.3) is 0 Å². The van der Waals surface area contributed by atoms with Gasteiger partial charge in [-0.05, 0) is 31.0 Å². The minimum absolute atomic E-state index is 0.279. The molecule has 0 amide bonds. The van der Waals surface area contributed by atoms with Crippen molar-refractivity contribution in [3.63, 3.8) is 0 Å². The minimum atomic E-state index is -4.09. The second-order valence-electron chi connectivity index (χ2n) is 4.46. The SMILES string of the molecule is O=C(O)c1ccc(F)c(S(=O)(=O)NC2CCOCC2)c1. The van der Waals surface area contributed by atoms with Crippen molar-refractivity contribution >= 4 is 16.0 Å². The summed E-state index contributed by atoms with van der Waals surface area (Å²) in [6.07, 6.45) is 0.999. The maximum atomic E-state index is 13.6. The number of hydrogen-bond acceptors (Lipinski definition) is 4. The Morgan fingerprint density at radius 3 is 2.60 bits per heavy atom. The molecule has 110 valence electrons. The molecule has 1 aromatic rings. The van der Waals surface area contributed by atoms with Crippen LogP contribution >= 0.6 is 0 Å². The summed E-state index contributed by atoms with van der Waals surface area (Å²) in [5.74, 6) is -2.29. The molecule has 0 radical (unpaired) electrons. The second-order valence-corrected chi connectivity index (χ2v) is 6.14. The van der Waals surface area contributed by atoms with Crippen LogP contribution in [0, 0.1) is 5.82 Å². The third-order valence-corrected chi connectivity index (χ3v) is 4.55. The van der Waals surface area contributed by atoms with Crippen molar-refractivity contribution in [3.8, 4) is 0 Å². The molecule has 2 N–H and O–H groups in total. The van der Waals surface area contributed by atoms with Crippen molar-refractivity contribution in [2.24, 2.45) is 0 Å². The van der Waals surface area contributed by atoms with Gasteiger partial charge in [-0.2, -0.15) is 0 Å². The second kappa shape index (κ2) is 5.86. The molecule has 1 heterocycles. The summed E-state index contributed by atoms with van der Waals surface area (Å²) < 4.78 is 45.4. The van der Waals surface area contributed by atoms with Gasteiger partial charge in [0.1, 0.15) is 10.7 Å². The summed E-state index contributed by atoms with van der Waals surface area (Å²) in [6, 6.07) is 2.34. The van der Waals surface area contributed by atoms with Crippen molar-refractivity contribution in [3.05, 3.63) is 29.6 Å². The zero-order valence-corrected chi connectivity index (χ0v) is 11.3. The number of benzene rings is 1. The Morgan fingerprint density at radius 2 is 2.00 bits per heavy atom. The Morgan fingerprint density at radius 1 is 1.35 bits per heavy atom. The van der Waals surface area contributed by atoms with E-state index < -0.39 is 26.7 Å². The van der Waals surface area contributed by atoms with E-state index in [0.717, 1.165) is 18.2 Å². The number of ether oxygens (including phenoxy) is 1. The van der Waals surface area contributed by atoms with Crippen molar-refractivity contribution in [2.75, 3.05) is 13.2 Å². The van der Waals surface area contributed by atoms with Crippen LogP contribution in [0.3, 0.4) is 0 Å². The molecule has 1 fully saturated rings. The van der Waals surface area contributed by atoms with Crippen LogP contribution in [0.5, 0.6) is 0 Å². The Hall–Kier alpha value is -1.51. The summed E-state index contributed by atoms with van der Waals surface area (Å²) in [5, 5.41) is 8.83. The smallest absolute Gasteiger partial charge is 0.335 e. The lowest BCUT2D eigenvalue weighted by atomic mass is 10.1. The Bertz CT molecular complexity index is 610. The Labute approximate surface area is 115 Å². The number of carboxylic acids is 1. The lowest BCUT2D eigenvalue weighted by Crippen LogP contribution is -2.39. The van der Waals surface area contributed by atoms with Crippen LogP contribution in [-0.2, 0) is 14.8 Å². The Kier molecular flexibility index (Phi) is 4.36. The van der Waals surface area contributed by atoms with E-state index >= 15 is 0 Å². The standard InChI is InChI=1S/C12H14FNO5S/c13-10-2-1-8(12(15)16)7-11(10)20(17,18)14-9-3-5-19-6-4-9/h1-2,7,9,14H,3-6H2,(H,15,16). The highest BCUT2D eigenvalue weighted by Crippen LogP contribution is 2.18. The van der Waals surface area contributed by atoms with Crippen LogP contribution in [0.4, 0.5) is 4.39 Å². The maximum Gasteiger partial charge on any atom is 0.335 e. The lowest BCUT2D eigenvalue weighted by molar-refractivity contribution is 0.0696. The Balaban J connectivity index is 2.28. The molecule has 1 aliphatic rings. The van der Waals surface area contributed by atoms with E-state index in [1.54, 1.807) is 0 Å². The topological polar surface area (TPSA) is 92.7 Å². The van der Waals surface area contributed by atoms with Gasteiger partial charge in [-0.25, -0.2) is 22.3 Å². The van der Waals surface area contributed by atoms with Crippen LogP contribution in [0.2, 0.25) is 0 Å². The summed E-state index contributed by atoms with van der Waals surface area (Å²) in [7, 11) is -4.09. The molecule has 0 saturated carbocycles. The van der Waals surface area contributed by atoms with E-state index in [9.17, 15) is 17.6 Å². The molecule has 0 unspecified atom stereocenters. The predicted molar refractivity (Wildman–Crippen MR) is 67.5 cm³/mol. The fourth-order valence-electron chi connectivity index (χ4n) is 1.94. The van der Waals surface area contributed by atoms with Crippen LogP contribution in [-0.4, -0.2) is 38.7 Å². The number of hydrogen-bond donors (Lipinski definition) is 2. The first-order valence-electron chi connectivity index (χ1n) is 6.03. The number of rotatable bonds is 4. The van der Waals surface area contributed by atoms with Crippen LogP contribution in [0.25, 0.3) is 0 Å². The first-order chi connectivity index (χ1) is 9.40. The normalized spacial score (nSPS) is 17.1. The van der Waals surface area contributed by atoms with Gasteiger partial charge in [0.2, 0.25) is 10.0 Å². The molecule has 0 spiro atoms. The first-order valence-corrected chi connectivity index (χ1v) is 7.51. The van der Waals surface area contributed by atoms with Gasteiger partial charge in [-0.15, -0.1) is 0 Å². The van der Waals surface area contributed by atoms with Gasteiger partial charge >= 0.3 is 5.97 Å². The van der Waals surface area contributed by atoms with Gasteiger partial charge in [-0.1, -0.05) is 0 Å². The van der Waals surface area contributed by atoms with E-state index in [2.05, 4.69) is 4.72 Å². The predicted octanol–water partition coefficient (Wildman–Crippen LogP) is 0.981. The molecule has 2 rings (SSSR count). The van der Waals surface area contributed by atoms with E-state index in [-0.39, 0.29) is 11.6 Å². The summed E-state index contributed by atoms with van der Waals surface area (Å²) in [4.78, 5) is 10.2. The number of nitrogens with one attached hydrogen (secondary N) is 1.